The molecule has 0 aliphatic rings. The first kappa shape index (κ1) is 18.2. The molecule has 0 fully saturated rings. The molecule has 0 aliphatic heterocycles. The van der Waals surface area contributed by atoms with E-state index >= 15 is 0 Å². The van der Waals surface area contributed by atoms with Gasteiger partial charge in [0.05, 0.1) is 12.3 Å². The van der Waals surface area contributed by atoms with Gasteiger partial charge < -0.3 is 18.0 Å². The molecule has 0 bridgehead atoms. The third-order valence-corrected chi connectivity index (χ3v) is 5.75. The van der Waals surface area contributed by atoms with Crippen LogP contribution in [0.4, 0.5) is 0 Å². The molecule has 0 radical (unpaired) electrons. The molecule has 4 nitrogen and oxygen atoms in total. The van der Waals surface area contributed by atoms with Crippen molar-refractivity contribution in [3.05, 3.63) is 24.3 Å². The second-order valence-corrected chi connectivity index (χ2v) is 7.32. The summed E-state index contributed by atoms with van der Waals surface area (Å²) in [6.07, 6.45) is 2.78. The molecular weight excluding hydrogens is 284 g/mol. The largest absolute Gasteiger partial charge is 0.541 e. The number of hydrogen-bond donors (Lipinski definition) is 0. The van der Waals surface area contributed by atoms with E-state index in [1.54, 1.807) is 7.11 Å². The van der Waals surface area contributed by atoms with Crippen LogP contribution < -0.4 is 9.92 Å². The van der Waals surface area contributed by atoms with Gasteiger partial charge in [-0.15, -0.1) is 0 Å². The Hall–Kier alpha value is -0.883. The molecule has 0 N–H and O–H groups in total. The number of ether oxygens (including phenoxy) is 1. The molecule has 0 unspecified atom stereocenters. The fraction of sp³-hybridized carbons (Fsp3) is 0.625. The summed E-state index contributed by atoms with van der Waals surface area (Å²) in [6, 6.07) is 7.84. The lowest BCUT2D eigenvalue weighted by molar-refractivity contribution is 0.0727. The van der Waals surface area contributed by atoms with Crippen molar-refractivity contribution in [1.29, 1.82) is 0 Å². The molecule has 0 atom stereocenters. The predicted octanol–water partition coefficient (Wildman–Crippen LogP) is 3.12. The lowest BCUT2D eigenvalue weighted by atomic mass is 10.3. The predicted molar refractivity (Wildman–Crippen MR) is 87.1 cm³/mol. The summed E-state index contributed by atoms with van der Waals surface area (Å²) in [6.45, 7) is 8.12. The van der Waals surface area contributed by atoms with Gasteiger partial charge in [0.15, 0.2) is 0 Å². The van der Waals surface area contributed by atoms with Crippen molar-refractivity contribution in [2.45, 2.75) is 40.0 Å². The number of rotatable bonds is 11. The fourth-order valence-corrected chi connectivity index (χ4v) is 4.89. The van der Waals surface area contributed by atoms with Crippen molar-refractivity contribution in [1.82, 2.24) is 0 Å². The Balaban J connectivity index is 3.16. The fourth-order valence-electron chi connectivity index (χ4n) is 1.97. The van der Waals surface area contributed by atoms with Gasteiger partial charge in [0.1, 0.15) is 5.75 Å². The maximum absolute atomic E-state index is 6.13. The van der Waals surface area contributed by atoms with Crippen LogP contribution >= 0.6 is 0 Å². The van der Waals surface area contributed by atoms with Crippen molar-refractivity contribution in [2.24, 2.45) is 0 Å². The van der Waals surface area contributed by atoms with E-state index in [1.807, 2.05) is 24.3 Å². The molecule has 0 heterocycles. The molecule has 0 aromatic heterocycles. The van der Waals surface area contributed by atoms with E-state index in [0.717, 1.165) is 30.2 Å². The zero-order chi connectivity index (χ0) is 15.6. The number of methoxy groups -OCH3 is 1. The van der Waals surface area contributed by atoms with Gasteiger partial charge in [-0.25, -0.2) is 0 Å². The van der Waals surface area contributed by atoms with E-state index in [1.165, 1.54) is 0 Å². The number of benzene rings is 1. The van der Waals surface area contributed by atoms with E-state index in [-0.39, 0.29) is 0 Å². The number of para-hydroxylation sites is 1. The van der Waals surface area contributed by atoms with Gasteiger partial charge >= 0.3 is 8.80 Å². The Labute approximate surface area is 129 Å². The number of hydrogen-bond acceptors (Lipinski definition) is 4. The van der Waals surface area contributed by atoms with Crippen LogP contribution in [-0.4, -0.2) is 35.7 Å². The first-order valence-corrected chi connectivity index (χ1v) is 9.51. The molecule has 1 aromatic carbocycles. The van der Waals surface area contributed by atoms with E-state index in [2.05, 4.69) is 20.8 Å². The molecule has 0 saturated heterocycles. The molecular formula is C16H28O4Si. The summed E-state index contributed by atoms with van der Waals surface area (Å²) in [4.78, 5) is 0. The zero-order valence-electron chi connectivity index (χ0n) is 13.7. The molecule has 1 rings (SSSR count). The molecule has 21 heavy (non-hydrogen) atoms. The van der Waals surface area contributed by atoms with Crippen molar-refractivity contribution in [3.63, 3.8) is 0 Å². The molecule has 120 valence electrons. The summed E-state index contributed by atoms with van der Waals surface area (Å²) in [7, 11) is -1.26. The Morgan fingerprint density at radius 2 is 1.29 bits per heavy atom. The normalized spacial score (nSPS) is 11.6. The van der Waals surface area contributed by atoms with Gasteiger partial charge in [-0.05, 0) is 25.3 Å². The maximum Gasteiger partial charge on any atom is 0.541 e. The summed E-state index contributed by atoms with van der Waals surface area (Å²) < 4.78 is 23.9. The molecule has 0 aliphatic carbocycles. The van der Waals surface area contributed by atoms with Gasteiger partial charge in [0.25, 0.3) is 0 Å². The van der Waals surface area contributed by atoms with E-state index in [0.29, 0.717) is 19.8 Å². The van der Waals surface area contributed by atoms with Gasteiger partial charge in [0, 0.05) is 19.8 Å². The van der Waals surface area contributed by atoms with Crippen LogP contribution in [0.5, 0.6) is 5.75 Å². The maximum atomic E-state index is 6.13. The highest BCUT2D eigenvalue weighted by Gasteiger charge is 2.46. The summed E-state index contributed by atoms with van der Waals surface area (Å²) in [5, 5.41) is 0.919. The third kappa shape index (κ3) is 5.11. The van der Waals surface area contributed by atoms with Crippen molar-refractivity contribution in [3.8, 4) is 5.75 Å². The third-order valence-electron chi connectivity index (χ3n) is 2.93. The van der Waals surface area contributed by atoms with Gasteiger partial charge in [-0.1, -0.05) is 39.0 Å². The van der Waals surface area contributed by atoms with Crippen LogP contribution in [0.2, 0.25) is 0 Å². The summed E-state index contributed by atoms with van der Waals surface area (Å²) in [5.74, 6) is 0.771. The first-order valence-electron chi connectivity index (χ1n) is 7.79. The highest BCUT2D eigenvalue weighted by Crippen LogP contribution is 2.19. The highest BCUT2D eigenvalue weighted by molar-refractivity contribution is 6.76. The van der Waals surface area contributed by atoms with E-state index in [4.69, 9.17) is 18.0 Å². The second kappa shape index (κ2) is 9.95. The van der Waals surface area contributed by atoms with Crippen LogP contribution in [0.3, 0.4) is 0 Å². The van der Waals surface area contributed by atoms with Crippen LogP contribution in [0.15, 0.2) is 24.3 Å². The minimum absolute atomic E-state index is 0.623. The summed E-state index contributed by atoms with van der Waals surface area (Å²) in [5.41, 5.74) is 0. The van der Waals surface area contributed by atoms with Crippen molar-refractivity contribution >= 4 is 14.0 Å². The van der Waals surface area contributed by atoms with Crippen LogP contribution in [0.1, 0.15) is 40.0 Å². The van der Waals surface area contributed by atoms with Crippen LogP contribution in [0, 0.1) is 0 Å². The minimum Gasteiger partial charge on any atom is -0.497 e. The van der Waals surface area contributed by atoms with Crippen LogP contribution in [-0.2, 0) is 13.3 Å². The zero-order valence-corrected chi connectivity index (χ0v) is 14.7. The van der Waals surface area contributed by atoms with E-state index in [9.17, 15) is 0 Å². The SMILES string of the molecule is CCCO[Si](OCCC)(OCCC)c1ccccc1OC. The smallest absolute Gasteiger partial charge is 0.497 e. The summed E-state index contributed by atoms with van der Waals surface area (Å²) >= 11 is 0. The molecule has 0 amide bonds. The topological polar surface area (TPSA) is 36.9 Å². The Morgan fingerprint density at radius 3 is 1.71 bits per heavy atom. The van der Waals surface area contributed by atoms with Crippen molar-refractivity contribution < 1.29 is 18.0 Å². The Morgan fingerprint density at radius 1 is 0.810 bits per heavy atom. The quantitative estimate of drug-likeness (QED) is 0.588. The molecule has 0 saturated carbocycles. The lowest BCUT2D eigenvalue weighted by Crippen LogP contribution is -2.57. The standard InChI is InChI=1S/C16H28O4Si/c1-5-12-18-21(19-13-6-2,20-14-7-3)16-11-9-8-10-15(16)17-4/h8-11H,5-7,12-14H2,1-4H3. The molecule has 5 heteroatoms. The lowest BCUT2D eigenvalue weighted by Gasteiger charge is -2.30. The highest BCUT2D eigenvalue weighted by atomic mass is 28.4. The Kier molecular flexibility index (Phi) is 8.60. The van der Waals surface area contributed by atoms with Gasteiger partial charge in [-0.3, -0.25) is 0 Å². The Bertz CT molecular complexity index is 376. The van der Waals surface area contributed by atoms with Gasteiger partial charge in [0.2, 0.25) is 0 Å². The average molecular weight is 312 g/mol. The average Bonchev–Trinajstić information content (AvgIpc) is 2.54. The van der Waals surface area contributed by atoms with E-state index < -0.39 is 8.80 Å². The monoisotopic (exact) mass is 312 g/mol. The van der Waals surface area contributed by atoms with Gasteiger partial charge in [-0.2, -0.15) is 0 Å². The molecule has 0 spiro atoms. The first-order chi connectivity index (χ1) is 10.2. The second-order valence-electron chi connectivity index (χ2n) is 4.80. The van der Waals surface area contributed by atoms with Crippen LogP contribution in [0.25, 0.3) is 0 Å². The van der Waals surface area contributed by atoms with Crippen molar-refractivity contribution in [2.75, 3.05) is 26.9 Å². The minimum atomic E-state index is -2.93. The molecule has 1 aromatic rings.